The molecule has 0 spiro atoms. The molecule has 0 saturated heterocycles. The van der Waals surface area contributed by atoms with Gasteiger partial charge in [-0.25, -0.2) is 0 Å². The van der Waals surface area contributed by atoms with E-state index in [-0.39, 0.29) is 7.48 Å². The molecule has 0 fully saturated rings. The lowest BCUT2D eigenvalue weighted by molar-refractivity contribution is 0.615. The molecule has 1 nitrogen and oxygen atoms in total. The maximum absolute atomic E-state index is 8.61. The predicted molar refractivity (Wildman–Crippen MR) is 43.1 cm³/mol. The number of hydrogen-bond acceptors (Lipinski definition) is 1. The van der Waals surface area contributed by atoms with Gasteiger partial charge in [0.15, 0.2) is 0 Å². The summed E-state index contributed by atoms with van der Waals surface area (Å²) in [4.78, 5) is 0. The summed E-state index contributed by atoms with van der Waals surface area (Å²) in [5.74, 6) is 0. The molecule has 0 heterocycles. The Bertz CT molecular complexity index is 185. The monoisotopic (exact) mass is 184 g/mol. The third kappa shape index (κ3) is 1.84. The van der Waals surface area contributed by atoms with Gasteiger partial charge in [0.1, 0.15) is 0 Å². The maximum atomic E-state index is 8.61. The smallest absolute Gasteiger partial charge is 0.304 e. The van der Waals surface area contributed by atoms with E-state index in [1.807, 2.05) is 24.3 Å². The molecule has 0 aliphatic carbocycles. The van der Waals surface area contributed by atoms with Gasteiger partial charge in [0, 0.05) is 4.47 Å². The molecule has 3 heteroatoms. The minimum Gasteiger partial charge on any atom is -0.449 e. The van der Waals surface area contributed by atoms with Crippen LogP contribution in [0.3, 0.4) is 0 Å². The third-order valence-electron chi connectivity index (χ3n) is 1.10. The summed E-state index contributed by atoms with van der Waals surface area (Å²) in [5, 5.41) is 8.61. The molecule has 0 saturated carbocycles. The highest BCUT2D eigenvalue weighted by Gasteiger charge is 1.89. The lowest BCUT2D eigenvalue weighted by atomic mass is 9.89. The Kier molecular flexibility index (Phi) is 2.31. The van der Waals surface area contributed by atoms with E-state index in [0.29, 0.717) is 0 Å². The van der Waals surface area contributed by atoms with E-state index in [1.54, 1.807) is 0 Å². The third-order valence-corrected chi connectivity index (χ3v) is 1.62. The van der Waals surface area contributed by atoms with Crippen molar-refractivity contribution in [3.05, 3.63) is 28.7 Å². The van der Waals surface area contributed by atoms with Crippen LogP contribution in [-0.2, 0) is 0 Å². The molecule has 0 amide bonds. The Morgan fingerprint density at radius 3 is 2.22 bits per heavy atom. The van der Waals surface area contributed by atoms with Crippen LogP contribution in [0.4, 0.5) is 0 Å². The molecular formula is C6H6BBrO. The van der Waals surface area contributed by atoms with E-state index in [9.17, 15) is 0 Å². The van der Waals surface area contributed by atoms with E-state index >= 15 is 0 Å². The predicted octanol–water partition coefficient (Wildman–Crippen LogP) is 0.418. The fourth-order valence-electron chi connectivity index (χ4n) is 0.590. The van der Waals surface area contributed by atoms with Crippen molar-refractivity contribution in [3.8, 4) is 0 Å². The first kappa shape index (κ1) is 6.84. The zero-order valence-corrected chi connectivity index (χ0v) is 6.43. The van der Waals surface area contributed by atoms with E-state index in [0.717, 1.165) is 9.94 Å². The van der Waals surface area contributed by atoms with Crippen LogP contribution in [0.1, 0.15) is 0 Å². The molecule has 1 aromatic carbocycles. The van der Waals surface area contributed by atoms with Gasteiger partial charge in [0.2, 0.25) is 0 Å². The first-order valence-electron chi connectivity index (χ1n) is 2.68. The average molecular weight is 185 g/mol. The first-order chi connectivity index (χ1) is 4.33. The Hall–Kier alpha value is -0.275. The summed E-state index contributed by atoms with van der Waals surface area (Å²) < 4.78 is 1.04. The number of rotatable bonds is 1. The van der Waals surface area contributed by atoms with Gasteiger partial charge in [-0.05, 0) is 12.1 Å². The highest BCUT2D eigenvalue weighted by atomic mass is 79.9. The minimum atomic E-state index is 0.118. The SMILES string of the molecule is OBc1ccc(Br)cc1. The largest absolute Gasteiger partial charge is 0.449 e. The highest BCUT2D eigenvalue weighted by Crippen LogP contribution is 2.04. The Balaban J connectivity index is 2.88. The van der Waals surface area contributed by atoms with E-state index in [2.05, 4.69) is 15.9 Å². The van der Waals surface area contributed by atoms with Crippen molar-refractivity contribution in [3.63, 3.8) is 0 Å². The van der Waals surface area contributed by atoms with Gasteiger partial charge < -0.3 is 5.02 Å². The van der Waals surface area contributed by atoms with Crippen molar-refractivity contribution in [2.45, 2.75) is 0 Å². The summed E-state index contributed by atoms with van der Waals surface area (Å²) in [5.41, 5.74) is 0.943. The van der Waals surface area contributed by atoms with Crippen molar-refractivity contribution < 1.29 is 5.02 Å². The van der Waals surface area contributed by atoms with Gasteiger partial charge in [0.25, 0.3) is 0 Å². The molecule has 1 N–H and O–H groups in total. The number of halogens is 1. The van der Waals surface area contributed by atoms with Crippen molar-refractivity contribution in [1.82, 2.24) is 0 Å². The van der Waals surface area contributed by atoms with Crippen LogP contribution in [0.2, 0.25) is 0 Å². The summed E-state index contributed by atoms with van der Waals surface area (Å²) in [7, 11) is 0.118. The summed E-state index contributed by atoms with van der Waals surface area (Å²) in [6.45, 7) is 0. The normalized spacial score (nSPS) is 9.11. The lowest BCUT2D eigenvalue weighted by Crippen LogP contribution is -2.11. The van der Waals surface area contributed by atoms with Crippen LogP contribution < -0.4 is 5.46 Å². The molecule has 0 bridgehead atoms. The fraction of sp³-hybridized carbons (Fsp3) is 0. The van der Waals surface area contributed by atoms with Crippen molar-refractivity contribution in [2.75, 3.05) is 0 Å². The van der Waals surface area contributed by atoms with Gasteiger partial charge >= 0.3 is 7.48 Å². The van der Waals surface area contributed by atoms with Crippen LogP contribution in [0.15, 0.2) is 28.7 Å². The summed E-state index contributed by atoms with van der Waals surface area (Å²) in [6, 6.07) is 7.57. The molecule has 1 aromatic rings. The van der Waals surface area contributed by atoms with Gasteiger partial charge in [-0.1, -0.05) is 33.5 Å². The lowest BCUT2D eigenvalue weighted by Gasteiger charge is -1.91. The second kappa shape index (κ2) is 3.04. The highest BCUT2D eigenvalue weighted by molar-refractivity contribution is 9.10. The molecule has 0 aliphatic rings. The van der Waals surface area contributed by atoms with Crippen molar-refractivity contribution in [1.29, 1.82) is 0 Å². The maximum Gasteiger partial charge on any atom is 0.304 e. The minimum absolute atomic E-state index is 0.118. The molecular weight excluding hydrogens is 179 g/mol. The zero-order valence-electron chi connectivity index (χ0n) is 4.84. The molecule has 0 aliphatic heterocycles. The van der Waals surface area contributed by atoms with Crippen LogP contribution >= 0.6 is 15.9 Å². The zero-order chi connectivity index (χ0) is 6.69. The van der Waals surface area contributed by atoms with E-state index in [1.165, 1.54) is 0 Å². The Labute approximate surface area is 63.1 Å². The van der Waals surface area contributed by atoms with Crippen molar-refractivity contribution in [2.24, 2.45) is 0 Å². The first-order valence-corrected chi connectivity index (χ1v) is 3.47. The topological polar surface area (TPSA) is 20.2 Å². The molecule has 0 unspecified atom stereocenters. The molecule has 46 valence electrons. The number of hydrogen-bond donors (Lipinski definition) is 1. The second-order valence-corrected chi connectivity index (χ2v) is 2.70. The van der Waals surface area contributed by atoms with E-state index < -0.39 is 0 Å². The number of benzene rings is 1. The summed E-state index contributed by atoms with van der Waals surface area (Å²) >= 11 is 3.29. The summed E-state index contributed by atoms with van der Waals surface area (Å²) in [6.07, 6.45) is 0. The van der Waals surface area contributed by atoms with E-state index in [4.69, 9.17) is 5.02 Å². The fourth-order valence-corrected chi connectivity index (χ4v) is 0.854. The standard InChI is InChI=1S/C6H6BBrO/c8-6-3-1-5(7-9)2-4-6/h1-4,7,9H. The van der Waals surface area contributed by atoms with Gasteiger partial charge in [-0.2, -0.15) is 0 Å². The van der Waals surface area contributed by atoms with Crippen LogP contribution in [0.5, 0.6) is 0 Å². The average Bonchev–Trinajstić information content (AvgIpc) is 1.90. The van der Waals surface area contributed by atoms with Crippen LogP contribution in [-0.4, -0.2) is 12.5 Å². The molecule has 0 radical (unpaired) electrons. The molecule has 9 heavy (non-hydrogen) atoms. The molecule has 1 rings (SSSR count). The molecule has 0 aromatic heterocycles. The van der Waals surface area contributed by atoms with Gasteiger partial charge in [-0.15, -0.1) is 0 Å². The van der Waals surface area contributed by atoms with Gasteiger partial charge in [0.05, 0.1) is 0 Å². The molecule has 0 atom stereocenters. The van der Waals surface area contributed by atoms with Crippen LogP contribution in [0.25, 0.3) is 0 Å². The Morgan fingerprint density at radius 2 is 1.78 bits per heavy atom. The quantitative estimate of drug-likeness (QED) is 0.628. The van der Waals surface area contributed by atoms with Crippen LogP contribution in [0, 0.1) is 0 Å². The second-order valence-electron chi connectivity index (χ2n) is 1.78. The Morgan fingerprint density at radius 1 is 1.22 bits per heavy atom. The van der Waals surface area contributed by atoms with Gasteiger partial charge in [-0.3, -0.25) is 0 Å². The van der Waals surface area contributed by atoms with Crippen molar-refractivity contribution >= 4 is 28.9 Å².